The van der Waals surface area contributed by atoms with Crippen LogP contribution in [0.5, 0.6) is 0 Å². The summed E-state index contributed by atoms with van der Waals surface area (Å²) >= 11 is 3.54. The monoisotopic (exact) mass is 494 g/mol. The van der Waals surface area contributed by atoms with Crippen LogP contribution in [-0.2, 0) is 12.8 Å². The highest BCUT2D eigenvalue weighted by Gasteiger charge is 2.26. The van der Waals surface area contributed by atoms with Crippen molar-refractivity contribution in [1.82, 2.24) is 19.7 Å². The van der Waals surface area contributed by atoms with Gasteiger partial charge in [-0.05, 0) is 63.1 Å². The van der Waals surface area contributed by atoms with E-state index >= 15 is 0 Å². The summed E-state index contributed by atoms with van der Waals surface area (Å²) in [4.78, 5) is 22.4. The highest BCUT2D eigenvalue weighted by molar-refractivity contribution is 9.10. The molecule has 1 fully saturated rings. The molecule has 0 radical (unpaired) electrons. The van der Waals surface area contributed by atoms with E-state index in [1.54, 1.807) is 6.20 Å². The quantitative estimate of drug-likeness (QED) is 0.595. The topological polar surface area (TPSA) is 66.3 Å². The molecule has 166 valence electrons. The molecule has 32 heavy (non-hydrogen) atoms. The summed E-state index contributed by atoms with van der Waals surface area (Å²) in [6.07, 6.45) is 5.75. The Balaban J connectivity index is 1.36. The summed E-state index contributed by atoms with van der Waals surface area (Å²) in [6.45, 7) is 4.00. The Morgan fingerprint density at radius 3 is 2.62 bits per heavy atom. The number of nitrogens with zero attached hydrogens (tertiary/aromatic N) is 5. The number of anilines is 2. The van der Waals surface area contributed by atoms with Crippen molar-refractivity contribution in [2.45, 2.75) is 25.7 Å². The number of pyridine rings is 1. The molecular formula is C24H27BrN6O. The van der Waals surface area contributed by atoms with Crippen molar-refractivity contribution in [1.29, 1.82) is 0 Å². The number of benzene rings is 1. The van der Waals surface area contributed by atoms with E-state index in [1.807, 2.05) is 41.1 Å². The highest BCUT2D eigenvalue weighted by atomic mass is 79.9. The van der Waals surface area contributed by atoms with Gasteiger partial charge in [-0.25, -0.2) is 9.67 Å². The van der Waals surface area contributed by atoms with Crippen LogP contribution in [0, 0.1) is 0 Å². The van der Waals surface area contributed by atoms with Gasteiger partial charge in [-0.1, -0.05) is 22.0 Å². The molecule has 3 aromatic rings. The summed E-state index contributed by atoms with van der Waals surface area (Å²) in [5.41, 5.74) is 4.38. The molecule has 1 aromatic carbocycles. The molecular weight excluding hydrogens is 468 g/mol. The lowest BCUT2D eigenvalue weighted by atomic mass is 9.95. The molecule has 0 bridgehead atoms. The maximum atomic E-state index is 13.2. The number of fused-ring (bicyclic) bond motifs is 1. The normalized spacial score (nSPS) is 16.6. The molecule has 1 aliphatic carbocycles. The largest absolute Gasteiger partial charge is 0.354 e. The molecule has 7 nitrogen and oxygen atoms in total. The van der Waals surface area contributed by atoms with Gasteiger partial charge in [0, 0.05) is 41.9 Å². The lowest BCUT2D eigenvalue weighted by Crippen LogP contribution is -2.44. The molecule has 1 aliphatic heterocycles. The van der Waals surface area contributed by atoms with Crippen LogP contribution < -0.4 is 10.2 Å². The Morgan fingerprint density at radius 2 is 1.88 bits per heavy atom. The Kier molecular flexibility index (Phi) is 5.97. The number of likely N-dealkylation sites (N-methyl/N-ethyl adjacent to an activating group) is 1. The first kappa shape index (κ1) is 21.2. The van der Waals surface area contributed by atoms with Crippen molar-refractivity contribution in [2.24, 2.45) is 0 Å². The van der Waals surface area contributed by atoms with E-state index in [1.165, 1.54) is 0 Å². The minimum absolute atomic E-state index is 0.175. The van der Waals surface area contributed by atoms with Crippen molar-refractivity contribution in [2.75, 3.05) is 43.4 Å². The first-order chi connectivity index (χ1) is 15.6. The third-order valence-corrected chi connectivity index (χ3v) is 6.77. The van der Waals surface area contributed by atoms with E-state index in [0.29, 0.717) is 11.4 Å². The van der Waals surface area contributed by atoms with Gasteiger partial charge in [0.15, 0.2) is 5.69 Å². The number of hydrogen-bond donors (Lipinski definition) is 1. The Bertz CT molecular complexity index is 1120. The van der Waals surface area contributed by atoms with Crippen molar-refractivity contribution >= 4 is 33.3 Å². The third kappa shape index (κ3) is 4.29. The molecule has 8 heteroatoms. The molecule has 2 aliphatic rings. The van der Waals surface area contributed by atoms with Crippen molar-refractivity contribution in [3.63, 3.8) is 0 Å². The van der Waals surface area contributed by atoms with Crippen LogP contribution in [0.25, 0.3) is 5.69 Å². The SMILES string of the molecule is CN1CCN(c2ccc(NC(=O)c3nn(-c4cccc(Br)c4)c4c3CCCC4)cn2)CC1. The van der Waals surface area contributed by atoms with Gasteiger partial charge in [0.2, 0.25) is 0 Å². The fraction of sp³-hybridized carbons (Fsp3) is 0.375. The van der Waals surface area contributed by atoms with Gasteiger partial charge in [0.25, 0.3) is 5.91 Å². The lowest BCUT2D eigenvalue weighted by Gasteiger charge is -2.33. The summed E-state index contributed by atoms with van der Waals surface area (Å²) < 4.78 is 2.93. The number of rotatable bonds is 4. The van der Waals surface area contributed by atoms with Crippen LogP contribution >= 0.6 is 15.9 Å². The predicted octanol–water partition coefficient (Wildman–Crippen LogP) is 3.91. The first-order valence-corrected chi connectivity index (χ1v) is 12.0. The van der Waals surface area contributed by atoms with E-state index in [9.17, 15) is 4.79 Å². The van der Waals surface area contributed by atoms with Gasteiger partial charge in [-0.3, -0.25) is 4.79 Å². The summed E-state index contributed by atoms with van der Waals surface area (Å²) in [7, 11) is 2.14. The average Bonchev–Trinajstić information content (AvgIpc) is 3.20. The van der Waals surface area contributed by atoms with Crippen molar-refractivity contribution < 1.29 is 4.79 Å². The molecule has 3 heterocycles. The van der Waals surface area contributed by atoms with Gasteiger partial charge >= 0.3 is 0 Å². The van der Waals surface area contributed by atoms with E-state index in [2.05, 4.69) is 43.1 Å². The number of carbonyl (C=O) groups is 1. The zero-order chi connectivity index (χ0) is 22.1. The molecule has 0 spiro atoms. The van der Waals surface area contributed by atoms with Crippen LogP contribution in [0.2, 0.25) is 0 Å². The Labute approximate surface area is 196 Å². The van der Waals surface area contributed by atoms with Crippen LogP contribution in [0.15, 0.2) is 47.1 Å². The van der Waals surface area contributed by atoms with Gasteiger partial charge in [-0.2, -0.15) is 5.10 Å². The van der Waals surface area contributed by atoms with E-state index in [4.69, 9.17) is 5.10 Å². The lowest BCUT2D eigenvalue weighted by molar-refractivity contribution is 0.102. The number of hydrogen-bond acceptors (Lipinski definition) is 5. The molecule has 0 atom stereocenters. The zero-order valence-corrected chi connectivity index (χ0v) is 19.8. The molecule has 5 rings (SSSR count). The van der Waals surface area contributed by atoms with Gasteiger partial charge < -0.3 is 15.1 Å². The molecule has 1 amide bonds. The summed E-state index contributed by atoms with van der Waals surface area (Å²) in [5, 5.41) is 7.76. The molecule has 2 aromatic heterocycles. The summed E-state index contributed by atoms with van der Waals surface area (Å²) in [5.74, 6) is 0.776. The van der Waals surface area contributed by atoms with Crippen LogP contribution in [-0.4, -0.2) is 58.8 Å². The second-order valence-electron chi connectivity index (χ2n) is 8.52. The fourth-order valence-corrected chi connectivity index (χ4v) is 4.86. The second kappa shape index (κ2) is 9.03. The highest BCUT2D eigenvalue weighted by Crippen LogP contribution is 2.28. The van der Waals surface area contributed by atoms with Crippen molar-refractivity contribution in [3.05, 3.63) is 64.0 Å². The van der Waals surface area contributed by atoms with E-state index in [0.717, 1.165) is 79.1 Å². The Morgan fingerprint density at radius 1 is 1.06 bits per heavy atom. The van der Waals surface area contributed by atoms with Gasteiger partial charge in [0.1, 0.15) is 5.82 Å². The zero-order valence-electron chi connectivity index (χ0n) is 18.2. The number of aromatic nitrogens is 3. The van der Waals surface area contributed by atoms with Crippen LogP contribution in [0.4, 0.5) is 11.5 Å². The third-order valence-electron chi connectivity index (χ3n) is 6.28. The number of amides is 1. The molecule has 0 unspecified atom stereocenters. The molecule has 1 N–H and O–H groups in total. The number of carbonyl (C=O) groups excluding carboxylic acids is 1. The Hall–Kier alpha value is -2.71. The predicted molar refractivity (Wildman–Crippen MR) is 130 cm³/mol. The minimum atomic E-state index is -0.175. The van der Waals surface area contributed by atoms with Gasteiger partial charge in [-0.15, -0.1) is 0 Å². The van der Waals surface area contributed by atoms with Gasteiger partial charge in [0.05, 0.1) is 17.6 Å². The maximum absolute atomic E-state index is 13.2. The number of nitrogens with one attached hydrogen (secondary N) is 1. The molecule has 1 saturated heterocycles. The average molecular weight is 495 g/mol. The number of halogens is 1. The minimum Gasteiger partial charge on any atom is -0.354 e. The molecule has 0 saturated carbocycles. The van der Waals surface area contributed by atoms with Crippen molar-refractivity contribution in [3.8, 4) is 5.69 Å². The van der Waals surface area contributed by atoms with Crippen LogP contribution in [0.1, 0.15) is 34.6 Å². The maximum Gasteiger partial charge on any atom is 0.276 e. The number of piperazine rings is 1. The second-order valence-corrected chi connectivity index (χ2v) is 9.44. The first-order valence-electron chi connectivity index (χ1n) is 11.2. The van der Waals surface area contributed by atoms with E-state index < -0.39 is 0 Å². The summed E-state index contributed by atoms with van der Waals surface area (Å²) in [6, 6.07) is 11.9. The smallest absolute Gasteiger partial charge is 0.276 e. The van der Waals surface area contributed by atoms with Crippen LogP contribution in [0.3, 0.4) is 0 Å². The standard InChI is InChI=1S/C24H27BrN6O/c1-29-11-13-30(14-12-29)22-10-9-18(16-26-22)27-24(32)23-20-7-2-3-8-21(20)31(28-23)19-6-4-5-17(25)15-19/h4-6,9-10,15-16H,2-3,7-8,11-14H2,1H3,(H,27,32). The fourth-order valence-electron chi connectivity index (χ4n) is 4.48. The van der Waals surface area contributed by atoms with E-state index in [-0.39, 0.29) is 5.91 Å².